The van der Waals surface area contributed by atoms with E-state index in [0.717, 1.165) is 28.7 Å². The highest BCUT2D eigenvalue weighted by molar-refractivity contribution is 7.15. The van der Waals surface area contributed by atoms with Crippen LogP contribution in [0.4, 0.5) is 5.13 Å². The second kappa shape index (κ2) is 6.02. The van der Waals surface area contributed by atoms with Gasteiger partial charge in [-0.15, -0.1) is 0 Å². The highest BCUT2D eigenvalue weighted by Crippen LogP contribution is 2.34. The summed E-state index contributed by atoms with van der Waals surface area (Å²) in [7, 11) is 0. The summed E-state index contributed by atoms with van der Waals surface area (Å²) in [6.45, 7) is 7.88. The molecule has 1 aliphatic rings. The average molecular weight is 268 g/mol. The summed E-state index contributed by atoms with van der Waals surface area (Å²) in [5.74, 6) is 0.442. The molecule has 0 saturated carbocycles. The van der Waals surface area contributed by atoms with E-state index >= 15 is 0 Å². The second-order valence-electron chi connectivity index (χ2n) is 5.31. The number of aromatic nitrogens is 1. The van der Waals surface area contributed by atoms with Crippen LogP contribution in [0.25, 0.3) is 0 Å². The lowest BCUT2D eigenvalue weighted by molar-refractivity contribution is 0.283. The van der Waals surface area contributed by atoms with Gasteiger partial charge in [0.05, 0.1) is 17.2 Å². The van der Waals surface area contributed by atoms with E-state index in [-0.39, 0.29) is 6.61 Å². The molecule has 1 N–H and O–H groups in total. The summed E-state index contributed by atoms with van der Waals surface area (Å²) in [6, 6.07) is 0.584. The molecular weight excluding hydrogens is 244 g/mol. The van der Waals surface area contributed by atoms with Gasteiger partial charge in [0.15, 0.2) is 5.13 Å². The van der Waals surface area contributed by atoms with E-state index in [1.165, 1.54) is 19.3 Å². The second-order valence-corrected chi connectivity index (χ2v) is 6.37. The minimum atomic E-state index is 0.125. The van der Waals surface area contributed by atoms with Gasteiger partial charge in [0.2, 0.25) is 0 Å². The first-order valence-electron chi connectivity index (χ1n) is 7.04. The lowest BCUT2D eigenvalue weighted by Gasteiger charge is -2.33. The number of hydrogen-bond acceptors (Lipinski definition) is 4. The highest BCUT2D eigenvalue weighted by atomic mass is 32.1. The molecule has 1 aromatic heterocycles. The smallest absolute Gasteiger partial charge is 0.186 e. The van der Waals surface area contributed by atoms with Crippen LogP contribution in [0.5, 0.6) is 0 Å². The van der Waals surface area contributed by atoms with Gasteiger partial charge < -0.3 is 10.0 Å². The number of nitrogens with zero attached hydrogens (tertiary/aromatic N) is 2. The van der Waals surface area contributed by atoms with Crippen molar-refractivity contribution in [3.8, 4) is 0 Å². The van der Waals surface area contributed by atoms with E-state index in [1.807, 2.05) is 0 Å². The van der Waals surface area contributed by atoms with Crippen LogP contribution in [0.3, 0.4) is 0 Å². The molecule has 4 heteroatoms. The highest BCUT2D eigenvalue weighted by Gasteiger charge is 2.24. The molecule has 1 aromatic rings. The lowest BCUT2D eigenvalue weighted by atomic mass is 10.0. The maximum Gasteiger partial charge on any atom is 0.186 e. The van der Waals surface area contributed by atoms with Crippen molar-refractivity contribution in [3.05, 3.63) is 10.6 Å². The molecule has 18 heavy (non-hydrogen) atoms. The number of anilines is 1. The van der Waals surface area contributed by atoms with Crippen LogP contribution < -0.4 is 4.90 Å². The van der Waals surface area contributed by atoms with Gasteiger partial charge in [-0.3, -0.25) is 0 Å². The first-order chi connectivity index (χ1) is 8.67. The molecule has 0 aliphatic carbocycles. The number of aliphatic hydroxyl groups excluding tert-OH is 1. The zero-order valence-electron chi connectivity index (χ0n) is 11.6. The maximum atomic E-state index is 9.49. The Morgan fingerprint density at radius 1 is 1.50 bits per heavy atom. The monoisotopic (exact) mass is 268 g/mol. The molecule has 0 radical (unpaired) electrons. The zero-order valence-corrected chi connectivity index (χ0v) is 12.5. The molecule has 0 aromatic carbocycles. The SMILES string of the molecule is CCC(C)c1nc(N2CCCCC2C)sc1CO. The van der Waals surface area contributed by atoms with Gasteiger partial charge in [-0.05, 0) is 38.5 Å². The molecule has 1 aliphatic heterocycles. The number of aliphatic hydroxyl groups is 1. The summed E-state index contributed by atoms with van der Waals surface area (Å²) in [4.78, 5) is 8.28. The van der Waals surface area contributed by atoms with Gasteiger partial charge in [-0.25, -0.2) is 4.98 Å². The van der Waals surface area contributed by atoms with Crippen molar-refractivity contribution in [1.29, 1.82) is 0 Å². The van der Waals surface area contributed by atoms with Crippen molar-refractivity contribution in [3.63, 3.8) is 0 Å². The summed E-state index contributed by atoms with van der Waals surface area (Å²) in [5, 5.41) is 10.6. The van der Waals surface area contributed by atoms with Crippen molar-refractivity contribution in [2.75, 3.05) is 11.4 Å². The van der Waals surface area contributed by atoms with E-state index in [2.05, 4.69) is 25.7 Å². The van der Waals surface area contributed by atoms with Crippen LogP contribution in [0, 0.1) is 0 Å². The lowest BCUT2D eigenvalue weighted by Crippen LogP contribution is -2.37. The van der Waals surface area contributed by atoms with Crippen molar-refractivity contribution >= 4 is 16.5 Å². The van der Waals surface area contributed by atoms with E-state index in [1.54, 1.807) is 11.3 Å². The first kappa shape index (κ1) is 13.8. The van der Waals surface area contributed by atoms with Gasteiger partial charge in [-0.2, -0.15) is 0 Å². The third kappa shape index (κ3) is 2.69. The Morgan fingerprint density at radius 3 is 2.89 bits per heavy atom. The number of thiazole rings is 1. The van der Waals surface area contributed by atoms with Crippen LogP contribution in [0.15, 0.2) is 0 Å². The minimum Gasteiger partial charge on any atom is -0.391 e. The third-order valence-corrected chi connectivity index (χ3v) is 5.08. The fourth-order valence-corrected chi connectivity index (χ4v) is 3.72. The number of hydrogen-bond donors (Lipinski definition) is 1. The Morgan fingerprint density at radius 2 is 2.28 bits per heavy atom. The van der Waals surface area contributed by atoms with Crippen LogP contribution in [0.2, 0.25) is 0 Å². The van der Waals surface area contributed by atoms with Crippen molar-refractivity contribution in [2.45, 2.75) is 65.0 Å². The third-order valence-electron chi connectivity index (χ3n) is 3.99. The largest absolute Gasteiger partial charge is 0.391 e. The summed E-state index contributed by atoms with van der Waals surface area (Å²) < 4.78 is 0. The fourth-order valence-electron chi connectivity index (χ4n) is 2.55. The minimum absolute atomic E-state index is 0.125. The van der Waals surface area contributed by atoms with Crippen molar-refractivity contribution < 1.29 is 5.11 Å². The standard InChI is InChI=1S/C14H24N2OS/c1-4-10(2)13-12(9-17)18-14(15-13)16-8-6-5-7-11(16)3/h10-11,17H,4-9H2,1-3H3. The molecule has 0 bridgehead atoms. The molecule has 2 heterocycles. The Hall–Kier alpha value is -0.610. The number of piperidine rings is 1. The molecular formula is C14H24N2OS. The summed E-state index contributed by atoms with van der Waals surface area (Å²) in [5.41, 5.74) is 1.11. The molecule has 3 nitrogen and oxygen atoms in total. The van der Waals surface area contributed by atoms with E-state index in [9.17, 15) is 5.11 Å². The van der Waals surface area contributed by atoms with E-state index in [4.69, 9.17) is 4.98 Å². The zero-order chi connectivity index (χ0) is 13.1. The summed E-state index contributed by atoms with van der Waals surface area (Å²) in [6.07, 6.45) is 4.92. The molecule has 0 amide bonds. The summed E-state index contributed by atoms with van der Waals surface area (Å²) >= 11 is 1.68. The molecule has 1 saturated heterocycles. The average Bonchev–Trinajstić information content (AvgIpc) is 2.82. The quantitative estimate of drug-likeness (QED) is 0.907. The molecule has 2 rings (SSSR count). The fraction of sp³-hybridized carbons (Fsp3) is 0.786. The molecule has 1 fully saturated rings. The van der Waals surface area contributed by atoms with Crippen LogP contribution in [-0.4, -0.2) is 22.7 Å². The van der Waals surface area contributed by atoms with Crippen LogP contribution >= 0.6 is 11.3 Å². The van der Waals surface area contributed by atoms with Crippen LogP contribution in [0.1, 0.15) is 62.9 Å². The molecule has 2 atom stereocenters. The topological polar surface area (TPSA) is 36.4 Å². The predicted molar refractivity (Wildman–Crippen MR) is 77.4 cm³/mol. The van der Waals surface area contributed by atoms with Gasteiger partial charge in [0.1, 0.15) is 0 Å². The van der Waals surface area contributed by atoms with E-state index < -0.39 is 0 Å². The number of rotatable bonds is 4. The Labute approximate surface area is 114 Å². The van der Waals surface area contributed by atoms with Crippen LogP contribution in [-0.2, 0) is 6.61 Å². The Bertz CT molecular complexity index is 391. The van der Waals surface area contributed by atoms with Crippen molar-refractivity contribution in [1.82, 2.24) is 4.98 Å². The molecule has 102 valence electrons. The normalized spacial score (nSPS) is 22.2. The Kier molecular flexibility index (Phi) is 4.62. The van der Waals surface area contributed by atoms with Gasteiger partial charge in [0.25, 0.3) is 0 Å². The van der Waals surface area contributed by atoms with Gasteiger partial charge in [0, 0.05) is 12.6 Å². The maximum absolute atomic E-state index is 9.49. The first-order valence-corrected chi connectivity index (χ1v) is 7.86. The molecule has 2 unspecified atom stereocenters. The van der Waals surface area contributed by atoms with Gasteiger partial charge >= 0.3 is 0 Å². The predicted octanol–water partition coefficient (Wildman–Crippen LogP) is 3.53. The van der Waals surface area contributed by atoms with Gasteiger partial charge in [-0.1, -0.05) is 25.2 Å². The van der Waals surface area contributed by atoms with E-state index in [0.29, 0.717) is 12.0 Å². The Balaban J connectivity index is 2.25. The molecule has 0 spiro atoms. The van der Waals surface area contributed by atoms with Crippen molar-refractivity contribution in [2.24, 2.45) is 0 Å².